The van der Waals surface area contributed by atoms with Crippen molar-refractivity contribution in [3.05, 3.63) is 75.3 Å². The molecule has 29 heavy (non-hydrogen) atoms. The van der Waals surface area contributed by atoms with E-state index in [4.69, 9.17) is 31.8 Å². The van der Waals surface area contributed by atoms with Gasteiger partial charge in [0, 0.05) is 0 Å². The minimum atomic E-state index is -0.511. The van der Waals surface area contributed by atoms with Gasteiger partial charge in [-0.15, -0.1) is 0 Å². The van der Waals surface area contributed by atoms with Crippen LogP contribution in [0.2, 0.25) is 10.0 Å². The topological polar surface area (TPSA) is 59.9 Å². The van der Waals surface area contributed by atoms with E-state index in [2.05, 4.69) is 10.5 Å². The molecule has 0 fully saturated rings. The van der Waals surface area contributed by atoms with Crippen molar-refractivity contribution in [3.63, 3.8) is 0 Å². The molecule has 152 valence electrons. The van der Waals surface area contributed by atoms with Gasteiger partial charge in [0.25, 0.3) is 0 Å². The number of benzene rings is 2. The summed E-state index contributed by atoms with van der Waals surface area (Å²) in [6.45, 7) is 2.35. The molecule has 0 aromatic heterocycles. The zero-order chi connectivity index (χ0) is 21.2. The molecule has 2 rings (SSSR count). The Hall–Kier alpha value is -1.91. The van der Waals surface area contributed by atoms with Gasteiger partial charge in [-0.3, -0.25) is 0 Å². The fourth-order valence-corrected chi connectivity index (χ4v) is 4.07. The Bertz CT molecular complexity index is 938. The third kappa shape index (κ3) is 6.83. The van der Waals surface area contributed by atoms with Gasteiger partial charge in [0.05, 0.1) is 0 Å². The van der Waals surface area contributed by atoms with E-state index in [1.54, 1.807) is 19.2 Å². The molecule has 0 radical (unpaired) electrons. The second-order valence-corrected chi connectivity index (χ2v) is 9.05. The summed E-state index contributed by atoms with van der Waals surface area (Å²) in [6.07, 6.45) is 3.85. The van der Waals surface area contributed by atoms with E-state index < -0.39 is 15.7 Å². The molecule has 8 heteroatoms. The van der Waals surface area contributed by atoms with Crippen molar-refractivity contribution in [1.82, 2.24) is 5.32 Å². The van der Waals surface area contributed by atoms with Crippen molar-refractivity contribution in [2.24, 2.45) is 5.16 Å². The van der Waals surface area contributed by atoms with Gasteiger partial charge < -0.3 is 0 Å². The van der Waals surface area contributed by atoms with Gasteiger partial charge in [-0.05, 0) is 0 Å². The van der Waals surface area contributed by atoms with E-state index in [9.17, 15) is 4.79 Å². The molecule has 0 aliphatic carbocycles. The van der Waals surface area contributed by atoms with E-state index >= 15 is 0 Å². The third-order valence-corrected chi connectivity index (χ3v) is 5.93. The first-order valence-corrected chi connectivity index (χ1v) is 11.1. The van der Waals surface area contributed by atoms with Crippen LogP contribution in [0.1, 0.15) is 23.6 Å². The molecule has 1 N–H and O–H groups in total. The summed E-state index contributed by atoms with van der Waals surface area (Å²) in [6, 6.07) is 12.9. The van der Waals surface area contributed by atoms with Crippen LogP contribution >= 0.6 is 23.2 Å². The number of allylic oxidation sites excluding steroid dienone is 1. The molecule has 0 aliphatic rings. The molecule has 0 spiro atoms. The summed E-state index contributed by atoms with van der Waals surface area (Å²) >= 11 is 11.9. The van der Waals surface area contributed by atoms with Crippen LogP contribution in [0.5, 0.6) is 0 Å². The number of rotatable bonds is 8. The van der Waals surface area contributed by atoms with Crippen LogP contribution < -0.4 is 5.32 Å². The standard InChI is InChI=1S/C21H21AsCl2N2O3/c1-14(11-12-17-18(23)9-6-10-19(17)24)22-29-13-15-7-4-5-8-16(15)20(26-28-3)21(27)25-2/h4-12H,13H2,1-3H3,(H,25,27)/b12-11+,26-20?. The monoisotopic (exact) mass is 494 g/mol. The van der Waals surface area contributed by atoms with E-state index in [1.165, 1.54) is 7.11 Å². The fourth-order valence-electron chi connectivity index (χ4n) is 2.41. The predicted octanol–water partition coefficient (Wildman–Crippen LogP) is 4.13. The summed E-state index contributed by atoms with van der Waals surface area (Å²) in [4.78, 5) is 16.9. The molecule has 2 aromatic rings. The van der Waals surface area contributed by atoms with Crippen LogP contribution in [0.25, 0.3) is 6.08 Å². The van der Waals surface area contributed by atoms with Crippen molar-refractivity contribution < 1.29 is 13.4 Å². The maximum atomic E-state index is 12.1. The number of carbonyl (C=O) groups excluding carboxylic acids is 1. The zero-order valence-electron chi connectivity index (χ0n) is 16.3. The van der Waals surface area contributed by atoms with Gasteiger partial charge in [-0.1, -0.05) is 0 Å². The maximum absolute atomic E-state index is 12.1. The van der Waals surface area contributed by atoms with E-state index in [-0.39, 0.29) is 11.6 Å². The number of hydrogen-bond donors (Lipinski definition) is 1. The second kappa shape index (κ2) is 11.9. The number of nitrogens with one attached hydrogen (secondary N) is 1. The molecule has 5 nitrogen and oxygen atoms in total. The minimum absolute atomic E-state index is 0.208. The van der Waals surface area contributed by atoms with Crippen LogP contribution in [0, 0.1) is 0 Å². The number of likely N-dealkylation sites (N-methyl/N-ethyl adjacent to an activating group) is 1. The van der Waals surface area contributed by atoms with Crippen LogP contribution in [-0.2, 0) is 20.0 Å². The summed E-state index contributed by atoms with van der Waals surface area (Å²) in [5.74, 6) is -0.324. The third-order valence-electron chi connectivity index (χ3n) is 3.82. The SMILES string of the molecule is CNC(=O)C(=NOC)c1ccccc1CO[As]=C(C)/C=C/c1c(Cl)cccc1Cl. The summed E-state index contributed by atoms with van der Waals surface area (Å²) in [7, 11) is 2.95. The Morgan fingerprint density at radius 1 is 1.17 bits per heavy atom. The predicted molar refractivity (Wildman–Crippen MR) is 121 cm³/mol. The average Bonchev–Trinajstić information content (AvgIpc) is 2.71. The molecule has 0 aliphatic heterocycles. The van der Waals surface area contributed by atoms with Crippen molar-refractivity contribution >= 4 is 60.9 Å². The van der Waals surface area contributed by atoms with Gasteiger partial charge in [0.15, 0.2) is 0 Å². The Labute approximate surface area is 187 Å². The number of halogens is 2. The van der Waals surface area contributed by atoms with Gasteiger partial charge in [0.1, 0.15) is 0 Å². The molecule has 0 heterocycles. The molecule has 2 aromatic carbocycles. The molecule has 0 saturated carbocycles. The second-order valence-electron chi connectivity index (χ2n) is 5.83. The normalized spacial score (nSPS) is 12.3. The Morgan fingerprint density at radius 2 is 1.86 bits per heavy atom. The quantitative estimate of drug-likeness (QED) is 0.341. The van der Waals surface area contributed by atoms with Crippen LogP contribution in [0.4, 0.5) is 0 Å². The first kappa shape index (κ1) is 23.4. The molecule has 0 atom stereocenters. The van der Waals surface area contributed by atoms with Crippen molar-refractivity contribution in [2.75, 3.05) is 14.2 Å². The first-order valence-electron chi connectivity index (χ1n) is 8.68. The van der Waals surface area contributed by atoms with Gasteiger partial charge in [-0.2, -0.15) is 0 Å². The number of carbonyl (C=O) groups is 1. The summed E-state index contributed by atoms with van der Waals surface area (Å²) in [5, 5.41) is 7.64. The molecule has 0 saturated heterocycles. The van der Waals surface area contributed by atoms with Crippen molar-refractivity contribution in [3.8, 4) is 0 Å². The van der Waals surface area contributed by atoms with Gasteiger partial charge in [-0.25, -0.2) is 0 Å². The number of amides is 1. The van der Waals surface area contributed by atoms with Gasteiger partial charge in [0.2, 0.25) is 0 Å². The Balaban J connectivity index is 2.13. The van der Waals surface area contributed by atoms with Gasteiger partial charge >= 0.3 is 188 Å². The van der Waals surface area contributed by atoms with Crippen molar-refractivity contribution in [2.45, 2.75) is 13.5 Å². The first-order chi connectivity index (χ1) is 14.0. The van der Waals surface area contributed by atoms with E-state index in [0.29, 0.717) is 22.2 Å². The Kier molecular flexibility index (Phi) is 9.62. The molecular weight excluding hydrogens is 474 g/mol. The number of hydrogen-bond acceptors (Lipinski definition) is 4. The molecule has 0 unspecified atom stereocenters. The van der Waals surface area contributed by atoms with Crippen LogP contribution in [0.15, 0.2) is 53.7 Å². The number of oxime groups is 1. The molecular formula is C21H21AsCl2N2O3. The van der Waals surface area contributed by atoms with Crippen LogP contribution in [0.3, 0.4) is 0 Å². The Morgan fingerprint density at radius 3 is 2.52 bits per heavy atom. The van der Waals surface area contributed by atoms with E-state index in [1.807, 2.05) is 49.4 Å². The van der Waals surface area contributed by atoms with Crippen LogP contribution in [-0.4, -0.2) is 45.7 Å². The van der Waals surface area contributed by atoms with E-state index in [0.717, 1.165) is 15.4 Å². The number of nitrogens with zero attached hydrogens (tertiary/aromatic N) is 1. The van der Waals surface area contributed by atoms with Crippen molar-refractivity contribution in [1.29, 1.82) is 0 Å². The molecule has 1 amide bonds. The zero-order valence-corrected chi connectivity index (χ0v) is 19.7. The average molecular weight is 495 g/mol. The summed E-state index contributed by atoms with van der Waals surface area (Å²) in [5.41, 5.74) is 2.52. The fraction of sp³-hybridized carbons (Fsp3) is 0.190. The summed E-state index contributed by atoms with van der Waals surface area (Å²) < 4.78 is 7.01. The molecule has 0 bridgehead atoms.